The zero-order valence-electron chi connectivity index (χ0n) is 15.9. The molecule has 0 unspecified atom stereocenters. The minimum Gasteiger partial charge on any atom is -0.415 e. The van der Waals surface area contributed by atoms with Gasteiger partial charge in [-0.2, -0.15) is 0 Å². The first-order valence-corrected chi connectivity index (χ1v) is 15.1. The van der Waals surface area contributed by atoms with Crippen LogP contribution in [0.1, 0.15) is 59.8 Å². The van der Waals surface area contributed by atoms with Gasteiger partial charge in [-0.25, -0.2) is 0 Å². The Morgan fingerprint density at radius 1 is 0.571 bits per heavy atom. The van der Waals surface area contributed by atoms with Crippen LogP contribution in [0.2, 0.25) is 38.3 Å². The Kier molecular flexibility index (Phi) is 10.4. The first-order valence-electron chi connectivity index (χ1n) is 8.90. The summed E-state index contributed by atoms with van der Waals surface area (Å²) in [5, 5.41) is 0. The van der Waals surface area contributed by atoms with Crippen molar-refractivity contribution in [1.29, 1.82) is 0 Å². The third kappa shape index (κ3) is 13.7. The normalized spacial score (nSPS) is 13.4. The van der Waals surface area contributed by atoms with E-state index in [2.05, 4.69) is 53.9 Å². The third-order valence-corrected chi connectivity index (χ3v) is 9.00. The molecule has 0 radical (unpaired) electrons. The summed E-state index contributed by atoms with van der Waals surface area (Å²) in [5.41, 5.74) is 0. The molecule has 0 amide bonds. The highest BCUT2D eigenvalue weighted by molar-refractivity contribution is 6.71. The van der Waals surface area contributed by atoms with Crippen molar-refractivity contribution < 1.29 is 8.85 Å². The fourth-order valence-corrected chi connectivity index (χ4v) is 8.02. The Balaban J connectivity index is 3.61. The van der Waals surface area contributed by atoms with Crippen LogP contribution in [0.3, 0.4) is 0 Å². The third-order valence-electron chi connectivity index (χ3n) is 3.67. The molecule has 0 heterocycles. The van der Waals surface area contributed by atoms with Crippen LogP contribution in [0, 0.1) is 0 Å². The van der Waals surface area contributed by atoms with Crippen molar-refractivity contribution in [2.45, 2.75) is 110 Å². The highest BCUT2D eigenvalue weighted by atomic mass is 28.4. The van der Waals surface area contributed by atoms with Crippen LogP contribution in [0.15, 0.2) is 0 Å². The van der Waals surface area contributed by atoms with E-state index >= 15 is 0 Å². The molecule has 0 saturated carbocycles. The Labute approximate surface area is 136 Å². The Morgan fingerprint density at radius 2 is 0.857 bits per heavy atom. The summed E-state index contributed by atoms with van der Waals surface area (Å²) in [6.07, 6.45) is 7.57. The van der Waals surface area contributed by atoms with E-state index in [1.165, 1.54) is 44.2 Å². The van der Waals surface area contributed by atoms with Gasteiger partial charge in [0.1, 0.15) is 0 Å². The molecule has 0 bridgehead atoms. The van der Waals surface area contributed by atoms with Crippen molar-refractivity contribution in [3.05, 3.63) is 0 Å². The van der Waals surface area contributed by atoms with Gasteiger partial charge in [-0.1, -0.05) is 32.1 Å². The standard InChI is InChI=1S/C17H40O2Si2/c1-16(2)18-20(5,6)14-12-10-9-11-13-15-21(7,8)19-17(3)4/h16-17H,9-15H2,1-8H3. The van der Waals surface area contributed by atoms with E-state index in [-0.39, 0.29) is 0 Å². The van der Waals surface area contributed by atoms with E-state index in [1.54, 1.807) is 0 Å². The van der Waals surface area contributed by atoms with Crippen LogP contribution < -0.4 is 0 Å². The second-order valence-electron chi connectivity index (χ2n) is 8.12. The molecule has 0 aliphatic heterocycles. The number of unbranched alkanes of at least 4 members (excludes halogenated alkanes) is 4. The first-order chi connectivity index (χ1) is 9.54. The monoisotopic (exact) mass is 332 g/mol. The molecule has 0 fully saturated rings. The van der Waals surface area contributed by atoms with Crippen LogP contribution in [0.25, 0.3) is 0 Å². The van der Waals surface area contributed by atoms with Crippen LogP contribution in [-0.2, 0) is 8.85 Å². The van der Waals surface area contributed by atoms with Crippen molar-refractivity contribution >= 4 is 16.6 Å². The van der Waals surface area contributed by atoms with E-state index < -0.39 is 16.6 Å². The Hall–Kier alpha value is 0.354. The average Bonchev–Trinajstić information content (AvgIpc) is 2.23. The molecule has 0 atom stereocenters. The Bertz CT molecular complexity index is 238. The van der Waals surface area contributed by atoms with Crippen molar-refractivity contribution in [2.24, 2.45) is 0 Å². The van der Waals surface area contributed by atoms with Gasteiger partial charge in [0.05, 0.1) is 0 Å². The summed E-state index contributed by atoms with van der Waals surface area (Å²) in [7, 11) is -2.79. The van der Waals surface area contributed by atoms with Crippen molar-refractivity contribution in [3.8, 4) is 0 Å². The minimum absolute atomic E-state index is 0.389. The maximum atomic E-state index is 6.07. The van der Waals surface area contributed by atoms with Crippen molar-refractivity contribution in [2.75, 3.05) is 0 Å². The van der Waals surface area contributed by atoms with Crippen LogP contribution in [0.5, 0.6) is 0 Å². The van der Waals surface area contributed by atoms with E-state index in [4.69, 9.17) is 8.85 Å². The fourth-order valence-electron chi connectivity index (χ4n) is 3.03. The van der Waals surface area contributed by atoms with Gasteiger partial charge in [-0.15, -0.1) is 0 Å². The lowest BCUT2D eigenvalue weighted by molar-refractivity contribution is 0.230. The molecule has 0 saturated heterocycles. The quantitative estimate of drug-likeness (QED) is 0.313. The SMILES string of the molecule is CC(C)O[Si](C)(C)CCCCCCC[Si](C)(C)OC(C)C. The molecular formula is C17H40O2Si2. The minimum atomic E-state index is -1.40. The predicted molar refractivity (Wildman–Crippen MR) is 100 cm³/mol. The maximum absolute atomic E-state index is 6.07. The molecule has 128 valence electrons. The van der Waals surface area contributed by atoms with E-state index in [9.17, 15) is 0 Å². The topological polar surface area (TPSA) is 18.5 Å². The molecular weight excluding hydrogens is 292 g/mol. The smallest absolute Gasteiger partial charge is 0.187 e. The van der Waals surface area contributed by atoms with Gasteiger partial charge in [0.15, 0.2) is 16.6 Å². The van der Waals surface area contributed by atoms with Gasteiger partial charge in [0, 0.05) is 12.2 Å². The molecule has 2 nitrogen and oxygen atoms in total. The molecule has 0 N–H and O–H groups in total. The second-order valence-corrected chi connectivity index (χ2v) is 16.6. The molecule has 0 aromatic rings. The molecule has 0 aliphatic carbocycles. The van der Waals surface area contributed by atoms with E-state index in [1.807, 2.05) is 0 Å². The largest absolute Gasteiger partial charge is 0.415 e. The molecule has 0 aromatic carbocycles. The summed E-state index contributed by atoms with van der Waals surface area (Å²) in [4.78, 5) is 0. The van der Waals surface area contributed by atoms with E-state index in [0.29, 0.717) is 12.2 Å². The first kappa shape index (κ1) is 21.4. The lowest BCUT2D eigenvalue weighted by Gasteiger charge is -2.26. The fraction of sp³-hybridized carbons (Fsp3) is 1.00. The molecule has 0 rings (SSSR count). The molecule has 0 aromatic heterocycles. The molecule has 4 heteroatoms. The van der Waals surface area contributed by atoms with Gasteiger partial charge < -0.3 is 8.85 Å². The summed E-state index contributed by atoms with van der Waals surface area (Å²) < 4.78 is 12.1. The van der Waals surface area contributed by atoms with Gasteiger partial charge >= 0.3 is 0 Å². The average molecular weight is 333 g/mol. The summed E-state index contributed by atoms with van der Waals surface area (Å²) >= 11 is 0. The predicted octanol–water partition coefficient (Wildman–Crippen LogP) is 6.20. The van der Waals surface area contributed by atoms with Crippen molar-refractivity contribution in [1.82, 2.24) is 0 Å². The van der Waals surface area contributed by atoms with Crippen molar-refractivity contribution in [3.63, 3.8) is 0 Å². The highest BCUT2D eigenvalue weighted by Gasteiger charge is 2.24. The van der Waals surface area contributed by atoms with Crippen LogP contribution >= 0.6 is 0 Å². The Morgan fingerprint density at radius 3 is 1.14 bits per heavy atom. The summed E-state index contributed by atoms with van der Waals surface area (Å²) in [6.45, 7) is 18.0. The number of rotatable bonds is 12. The van der Waals surface area contributed by atoms with Gasteiger partial charge in [0.2, 0.25) is 0 Å². The molecule has 21 heavy (non-hydrogen) atoms. The zero-order valence-corrected chi connectivity index (χ0v) is 17.9. The zero-order chi connectivity index (χ0) is 16.5. The van der Waals surface area contributed by atoms with Gasteiger partial charge in [0.25, 0.3) is 0 Å². The lowest BCUT2D eigenvalue weighted by Crippen LogP contribution is -2.33. The number of hydrogen-bond acceptors (Lipinski definition) is 2. The molecule has 0 spiro atoms. The molecule has 0 aliphatic rings. The number of hydrogen-bond donors (Lipinski definition) is 0. The van der Waals surface area contributed by atoms with Crippen LogP contribution in [-0.4, -0.2) is 28.8 Å². The van der Waals surface area contributed by atoms with Gasteiger partial charge in [-0.3, -0.25) is 0 Å². The second kappa shape index (κ2) is 10.2. The maximum Gasteiger partial charge on any atom is 0.187 e. The van der Waals surface area contributed by atoms with Gasteiger partial charge in [-0.05, 0) is 66.0 Å². The van der Waals surface area contributed by atoms with E-state index in [0.717, 1.165) is 0 Å². The lowest BCUT2D eigenvalue weighted by atomic mass is 10.2. The summed E-state index contributed by atoms with van der Waals surface area (Å²) in [6, 6.07) is 2.61. The van der Waals surface area contributed by atoms with Crippen LogP contribution in [0.4, 0.5) is 0 Å². The summed E-state index contributed by atoms with van der Waals surface area (Å²) in [5.74, 6) is 0. The highest BCUT2D eigenvalue weighted by Crippen LogP contribution is 2.21.